The maximum Gasteiger partial charge on any atom is 0.228 e. The highest BCUT2D eigenvalue weighted by Gasteiger charge is 2.14. The van der Waals surface area contributed by atoms with Crippen LogP contribution in [0.3, 0.4) is 0 Å². The van der Waals surface area contributed by atoms with Gasteiger partial charge in [0.05, 0.1) is 0 Å². The monoisotopic (exact) mass is 250 g/mol. The van der Waals surface area contributed by atoms with Gasteiger partial charge in [0, 0.05) is 12.5 Å². The van der Waals surface area contributed by atoms with Gasteiger partial charge in [-0.2, -0.15) is 0 Å². The molecule has 0 bridgehead atoms. The molecule has 0 fully saturated rings. The van der Waals surface area contributed by atoms with Gasteiger partial charge < -0.3 is 10.6 Å². The highest BCUT2D eigenvalue weighted by molar-refractivity contribution is 5.91. The summed E-state index contributed by atoms with van der Waals surface area (Å²) in [7, 11) is 0. The summed E-state index contributed by atoms with van der Waals surface area (Å²) in [6, 6.07) is 3.59. The highest BCUT2D eigenvalue weighted by Crippen LogP contribution is 2.12. The van der Waals surface area contributed by atoms with Crippen LogP contribution in [0.5, 0.6) is 0 Å². The van der Waals surface area contributed by atoms with Gasteiger partial charge in [-0.3, -0.25) is 4.79 Å². The third-order valence-corrected chi connectivity index (χ3v) is 2.83. The Morgan fingerprint density at radius 3 is 2.28 bits per heavy atom. The van der Waals surface area contributed by atoms with Crippen molar-refractivity contribution in [2.45, 2.75) is 40.0 Å². The fourth-order valence-corrected chi connectivity index (χ4v) is 1.63. The molecule has 0 aliphatic heterocycles. The number of carbonyl (C=O) groups is 1. The number of carbonyl (C=O) groups excluding carboxylic acids is 1. The molecule has 5 heteroatoms. The molecule has 1 amide bonds. The molecule has 0 saturated heterocycles. The largest absolute Gasteiger partial charge is 0.369 e. The van der Waals surface area contributed by atoms with E-state index < -0.39 is 0 Å². The van der Waals surface area contributed by atoms with Crippen molar-refractivity contribution in [1.29, 1.82) is 0 Å². The Morgan fingerprint density at radius 2 is 1.78 bits per heavy atom. The molecule has 2 N–H and O–H groups in total. The van der Waals surface area contributed by atoms with Gasteiger partial charge in [-0.1, -0.05) is 20.8 Å². The van der Waals surface area contributed by atoms with Gasteiger partial charge in [0.2, 0.25) is 5.91 Å². The maximum atomic E-state index is 11.8. The Bertz CT molecular complexity index is 360. The smallest absolute Gasteiger partial charge is 0.228 e. The minimum atomic E-state index is 0.0172. The first kappa shape index (κ1) is 14.4. The minimum Gasteiger partial charge on any atom is -0.369 e. The fourth-order valence-electron chi connectivity index (χ4n) is 1.63. The van der Waals surface area contributed by atoms with Crippen LogP contribution in [-0.4, -0.2) is 22.6 Å². The van der Waals surface area contributed by atoms with Gasteiger partial charge in [0.25, 0.3) is 0 Å². The summed E-state index contributed by atoms with van der Waals surface area (Å²) in [4.78, 5) is 11.8. The van der Waals surface area contributed by atoms with Crippen molar-refractivity contribution in [2.24, 2.45) is 5.92 Å². The molecule has 100 valence electrons. The van der Waals surface area contributed by atoms with E-state index in [1.165, 1.54) is 0 Å². The molecule has 0 spiro atoms. The lowest BCUT2D eigenvalue weighted by Gasteiger charge is -2.12. The Kier molecular flexibility index (Phi) is 6.11. The van der Waals surface area contributed by atoms with E-state index in [0.717, 1.165) is 31.6 Å². The zero-order valence-electron chi connectivity index (χ0n) is 11.4. The average Bonchev–Trinajstić information content (AvgIpc) is 2.39. The zero-order valence-corrected chi connectivity index (χ0v) is 11.4. The molecule has 1 aromatic heterocycles. The SMILES string of the molecule is CCCNc1ccc(NC(=O)C(CC)CC)nn1. The lowest BCUT2D eigenvalue weighted by molar-refractivity contribution is -0.120. The van der Waals surface area contributed by atoms with E-state index in [9.17, 15) is 4.79 Å². The molecule has 0 saturated carbocycles. The van der Waals surface area contributed by atoms with Gasteiger partial charge in [-0.25, -0.2) is 0 Å². The number of nitrogens with one attached hydrogen (secondary N) is 2. The van der Waals surface area contributed by atoms with Crippen LogP contribution in [0.2, 0.25) is 0 Å². The standard InChI is InChI=1S/C13H22N4O/c1-4-9-14-11-7-8-12(17-16-11)15-13(18)10(5-2)6-3/h7-8,10H,4-6,9H2,1-3H3,(H,14,16)(H,15,17,18). The second-order valence-electron chi connectivity index (χ2n) is 4.23. The van der Waals surface area contributed by atoms with E-state index in [-0.39, 0.29) is 11.8 Å². The second kappa shape index (κ2) is 7.63. The lowest BCUT2D eigenvalue weighted by atomic mass is 10.0. The number of amides is 1. The van der Waals surface area contributed by atoms with Crippen molar-refractivity contribution < 1.29 is 4.79 Å². The maximum absolute atomic E-state index is 11.8. The summed E-state index contributed by atoms with van der Waals surface area (Å²) < 4.78 is 0. The quantitative estimate of drug-likeness (QED) is 0.780. The summed E-state index contributed by atoms with van der Waals surface area (Å²) in [6.07, 6.45) is 2.71. The van der Waals surface area contributed by atoms with Gasteiger partial charge in [-0.05, 0) is 31.4 Å². The third kappa shape index (κ3) is 4.31. The van der Waals surface area contributed by atoms with Crippen molar-refractivity contribution in [3.05, 3.63) is 12.1 Å². The molecule has 0 aliphatic rings. The average molecular weight is 250 g/mol. The predicted molar refractivity (Wildman–Crippen MR) is 73.5 cm³/mol. The number of hydrogen-bond acceptors (Lipinski definition) is 4. The summed E-state index contributed by atoms with van der Waals surface area (Å²) in [5.74, 6) is 1.31. The normalized spacial score (nSPS) is 10.4. The number of aromatic nitrogens is 2. The lowest BCUT2D eigenvalue weighted by Crippen LogP contribution is -2.22. The molecule has 0 atom stereocenters. The van der Waals surface area contributed by atoms with Crippen LogP contribution in [0.1, 0.15) is 40.0 Å². The molecule has 1 rings (SSSR count). The van der Waals surface area contributed by atoms with Gasteiger partial charge in [0.15, 0.2) is 5.82 Å². The van der Waals surface area contributed by atoms with Crippen LogP contribution >= 0.6 is 0 Å². The van der Waals surface area contributed by atoms with E-state index in [1.54, 1.807) is 6.07 Å². The molecule has 0 radical (unpaired) electrons. The summed E-state index contributed by atoms with van der Waals surface area (Å²) in [5.41, 5.74) is 0. The zero-order chi connectivity index (χ0) is 13.4. The first-order valence-corrected chi connectivity index (χ1v) is 6.59. The topological polar surface area (TPSA) is 66.9 Å². The number of hydrogen-bond donors (Lipinski definition) is 2. The van der Waals surface area contributed by atoms with E-state index in [4.69, 9.17) is 0 Å². The van der Waals surface area contributed by atoms with Crippen LogP contribution in [0.4, 0.5) is 11.6 Å². The Hall–Kier alpha value is -1.65. The molecule has 0 aliphatic carbocycles. The summed E-state index contributed by atoms with van der Waals surface area (Å²) >= 11 is 0. The molecule has 18 heavy (non-hydrogen) atoms. The molecular weight excluding hydrogens is 228 g/mol. The molecule has 0 aromatic carbocycles. The van der Waals surface area contributed by atoms with Gasteiger partial charge in [-0.15, -0.1) is 10.2 Å². The fraction of sp³-hybridized carbons (Fsp3) is 0.615. The Labute approximate surface area is 108 Å². The van der Waals surface area contributed by atoms with E-state index in [0.29, 0.717) is 5.82 Å². The van der Waals surface area contributed by atoms with Crippen LogP contribution in [0.15, 0.2) is 12.1 Å². The van der Waals surface area contributed by atoms with E-state index in [1.807, 2.05) is 19.9 Å². The molecule has 5 nitrogen and oxygen atoms in total. The number of nitrogens with zero attached hydrogens (tertiary/aromatic N) is 2. The van der Waals surface area contributed by atoms with Crippen molar-refractivity contribution >= 4 is 17.5 Å². The van der Waals surface area contributed by atoms with Crippen molar-refractivity contribution in [1.82, 2.24) is 10.2 Å². The van der Waals surface area contributed by atoms with E-state index in [2.05, 4.69) is 27.8 Å². The van der Waals surface area contributed by atoms with Crippen LogP contribution in [0, 0.1) is 5.92 Å². The number of rotatable bonds is 7. The predicted octanol–water partition coefficient (Wildman–Crippen LogP) is 2.67. The molecule has 1 aromatic rings. The van der Waals surface area contributed by atoms with Crippen molar-refractivity contribution in [2.75, 3.05) is 17.2 Å². The molecule has 1 heterocycles. The second-order valence-corrected chi connectivity index (χ2v) is 4.23. The Balaban J connectivity index is 2.55. The first-order valence-electron chi connectivity index (χ1n) is 6.59. The van der Waals surface area contributed by atoms with Crippen LogP contribution in [0.25, 0.3) is 0 Å². The Morgan fingerprint density at radius 1 is 1.17 bits per heavy atom. The molecular formula is C13H22N4O. The van der Waals surface area contributed by atoms with Crippen LogP contribution < -0.4 is 10.6 Å². The van der Waals surface area contributed by atoms with E-state index >= 15 is 0 Å². The van der Waals surface area contributed by atoms with Gasteiger partial charge >= 0.3 is 0 Å². The minimum absolute atomic E-state index is 0.0172. The van der Waals surface area contributed by atoms with Crippen molar-refractivity contribution in [3.8, 4) is 0 Å². The third-order valence-electron chi connectivity index (χ3n) is 2.83. The van der Waals surface area contributed by atoms with Gasteiger partial charge in [0.1, 0.15) is 5.82 Å². The van der Waals surface area contributed by atoms with Crippen molar-refractivity contribution in [3.63, 3.8) is 0 Å². The summed E-state index contributed by atoms with van der Waals surface area (Å²) in [6.45, 7) is 6.98. The highest BCUT2D eigenvalue weighted by atomic mass is 16.1. The number of anilines is 2. The summed E-state index contributed by atoms with van der Waals surface area (Å²) in [5, 5.41) is 13.9. The molecule has 0 unspecified atom stereocenters. The first-order chi connectivity index (χ1) is 8.71. The van der Waals surface area contributed by atoms with Crippen LogP contribution in [-0.2, 0) is 4.79 Å².